The maximum atomic E-state index is 2.67. The zero-order valence-electron chi connectivity index (χ0n) is 12.7. The van der Waals surface area contributed by atoms with Crippen LogP contribution in [0.5, 0.6) is 0 Å². The number of hydrogen-bond donors (Lipinski definition) is 0. The summed E-state index contributed by atoms with van der Waals surface area (Å²) in [5.74, 6) is 0. The molecular formula is C17H26N2. The summed E-state index contributed by atoms with van der Waals surface area (Å²) in [6.07, 6.45) is 2.71. The first-order valence-corrected chi connectivity index (χ1v) is 7.52. The summed E-state index contributed by atoms with van der Waals surface area (Å²) in [4.78, 5) is 5.16. The van der Waals surface area contributed by atoms with Crippen molar-refractivity contribution in [2.75, 3.05) is 25.0 Å². The number of hydrogen-bond acceptors (Lipinski definition) is 2. The van der Waals surface area contributed by atoms with E-state index >= 15 is 0 Å². The molecule has 0 aliphatic carbocycles. The van der Waals surface area contributed by atoms with Gasteiger partial charge in [0.25, 0.3) is 0 Å². The van der Waals surface area contributed by atoms with Crippen molar-refractivity contribution in [3.63, 3.8) is 0 Å². The van der Waals surface area contributed by atoms with Gasteiger partial charge in [0, 0.05) is 30.9 Å². The van der Waals surface area contributed by atoms with E-state index in [0.29, 0.717) is 0 Å². The summed E-state index contributed by atoms with van der Waals surface area (Å²) in [5.41, 5.74) is 3.10. The van der Waals surface area contributed by atoms with E-state index in [9.17, 15) is 0 Å². The van der Waals surface area contributed by atoms with E-state index in [1.54, 1.807) is 0 Å². The van der Waals surface area contributed by atoms with E-state index in [-0.39, 0.29) is 5.41 Å². The number of piperazine rings is 1. The highest BCUT2D eigenvalue weighted by Gasteiger charge is 2.38. The molecule has 2 unspecified atom stereocenters. The van der Waals surface area contributed by atoms with Crippen LogP contribution in [-0.4, -0.2) is 37.1 Å². The average molecular weight is 258 g/mol. The van der Waals surface area contributed by atoms with Gasteiger partial charge >= 0.3 is 0 Å². The van der Waals surface area contributed by atoms with Crippen LogP contribution in [-0.2, 0) is 5.41 Å². The number of fused-ring (bicyclic) bond motifs is 2. The molecule has 1 aromatic carbocycles. The van der Waals surface area contributed by atoms with Crippen LogP contribution in [0.1, 0.15) is 39.2 Å². The molecule has 0 radical (unpaired) electrons. The van der Waals surface area contributed by atoms with E-state index in [0.717, 1.165) is 12.1 Å². The zero-order chi connectivity index (χ0) is 13.6. The number of benzene rings is 1. The first-order valence-electron chi connectivity index (χ1n) is 7.52. The molecule has 2 heteroatoms. The van der Waals surface area contributed by atoms with Crippen LogP contribution in [0.3, 0.4) is 0 Å². The van der Waals surface area contributed by atoms with Crippen molar-refractivity contribution in [3.05, 3.63) is 29.8 Å². The summed E-state index contributed by atoms with van der Waals surface area (Å²) in [7, 11) is 2.26. The third-order valence-electron chi connectivity index (χ3n) is 4.70. The van der Waals surface area contributed by atoms with Crippen LogP contribution in [0, 0.1) is 0 Å². The normalized spacial score (nSPS) is 27.9. The second-order valence-corrected chi connectivity index (χ2v) is 7.31. The van der Waals surface area contributed by atoms with Gasteiger partial charge in [-0.15, -0.1) is 0 Å². The SMILES string of the molecule is CN1CC2CCC(C1)N2c1ccc(C(C)(C)C)cc1. The fourth-order valence-electron chi connectivity index (χ4n) is 3.67. The Hall–Kier alpha value is -1.02. The second kappa shape index (κ2) is 4.52. The molecule has 0 aromatic heterocycles. The van der Waals surface area contributed by atoms with Crippen molar-refractivity contribution in [1.29, 1.82) is 0 Å². The van der Waals surface area contributed by atoms with E-state index in [4.69, 9.17) is 0 Å². The van der Waals surface area contributed by atoms with Crippen molar-refractivity contribution < 1.29 is 0 Å². The predicted octanol–water partition coefficient (Wildman–Crippen LogP) is 3.27. The smallest absolute Gasteiger partial charge is 0.0421 e. The molecule has 2 aliphatic rings. The minimum absolute atomic E-state index is 0.250. The standard InChI is InChI=1S/C17H26N2/c1-17(2,3)13-5-7-14(8-6-13)19-15-9-10-16(19)12-18(4)11-15/h5-8,15-16H,9-12H2,1-4H3. The molecule has 2 bridgehead atoms. The van der Waals surface area contributed by atoms with Gasteiger partial charge in [0.2, 0.25) is 0 Å². The predicted molar refractivity (Wildman–Crippen MR) is 81.9 cm³/mol. The van der Waals surface area contributed by atoms with Crippen LogP contribution in [0.4, 0.5) is 5.69 Å². The lowest BCUT2D eigenvalue weighted by Crippen LogP contribution is -2.52. The molecule has 19 heavy (non-hydrogen) atoms. The topological polar surface area (TPSA) is 6.48 Å². The van der Waals surface area contributed by atoms with Crippen LogP contribution in [0.2, 0.25) is 0 Å². The van der Waals surface area contributed by atoms with Gasteiger partial charge < -0.3 is 9.80 Å². The highest BCUT2D eigenvalue weighted by atomic mass is 15.3. The molecule has 2 heterocycles. The van der Waals surface area contributed by atoms with Crippen LogP contribution in [0.15, 0.2) is 24.3 Å². The first kappa shape index (κ1) is 13.0. The minimum atomic E-state index is 0.250. The molecule has 0 N–H and O–H groups in total. The van der Waals surface area contributed by atoms with E-state index in [1.165, 1.54) is 37.2 Å². The highest BCUT2D eigenvalue weighted by Crippen LogP contribution is 2.35. The molecule has 3 rings (SSSR count). The van der Waals surface area contributed by atoms with E-state index in [2.05, 4.69) is 61.9 Å². The summed E-state index contributed by atoms with van der Waals surface area (Å²) in [6, 6.07) is 10.7. The van der Waals surface area contributed by atoms with Gasteiger partial charge in [0.15, 0.2) is 0 Å². The molecule has 104 valence electrons. The Balaban J connectivity index is 1.84. The first-order chi connectivity index (χ1) is 8.95. The molecule has 1 aromatic rings. The van der Waals surface area contributed by atoms with E-state index < -0.39 is 0 Å². The van der Waals surface area contributed by atoms with Gasteiger partial charge in [-0.2, -0.15) is 0 Å². The Bertz CT molecular complexity index is 429. The van der Waals surface area contributed by atoms with Gasteiger partial charge in [0.05, 0.1) is 0 Å². The molecule has 2 nitrogen and oxygen atoms in total. The fraction of sp³-hybridized carbons (Fsp3) is 0.647. The Labute approximate surface area is 117 Å². The summed E-state index contributed by atoms with van der Waals surface area (Å²) >= 11 is 0. The third kappa shape index (κ3) is 2.38. The lowest BCUT2D eigenvalue weighted by molar-refractivity contribution is 0.265. The molecular weight excluding hydrogens is 232 g/mol. The van der Waals surface area contributed by atoms with Crippen molar-refractivity contribution in [2.24, 2.45) is 0 Å². The molecule has 2 atom stereocenters. The summed E-state index contributed by atoms with van der Waals surface area (Å²) < 4.78 is 0. The number of nitrogens with zero attached hydrogens (tertiary/aromatic N) is 2. The van der Waals surface area contributed by atoms with Crippen molar-refractivity contribution in [3.8, 4) is 0 Å². The Morgan fingerprint density at radius 1 is 0.947 bits per heavy atom. The largest absolute Gasteiger partial charge is 0.363 e. The average Bonchev–Trinajstić information content (AvgIpc) is 2.61. The number of anilines is 1. The summed E-state index contributed by atoms with van der Waals surface area (Å²) in [6.45, 7) is 9.28. The van der Waals surface area contributed by atoms with Gasteiger partial charge in [0.1, 0.15) is 0 Å². The fourth-order valence-corrected chi connectivity index (χ4v) is 3.67. The zero-order valence-corrected chi connectivity index (χ0v) is 12.7. The van der Waals surface area contributed by atoms with Crippen LogP contribution >= 0.6 is 0 Å². The molecule has 0 saturated carbocycles. The lowest BCUT2D eigenvalue weighted by atomic mass is 9.87. The highest BCUT2D eigenvalue weighted by molar-refractivity contribution is 5.52. The number of rotatable bonds is 1. The van der Waals surface area contributed by atoms with Crippen molar-refractivity contribution in [2.45, 2.75) is 51.1 Å². The van der Waals surface area contributed by atoms with Crippen molar-refractivity contribution in [1.82, 2.24) is 4.90 Å². The monoisotopic (exact) mass is 258 g/mol. The number of likely N-dealkylation sites (tertiary alicyclic amines) is 1. The van der Waals surface area contributed by atoms with Crippen molar-refractivity contribution >= 4 is 5.69 Å². The van der Waals surface area contributed by atoms with Gasteiger partial charge in [-0.25, -0.2) is 0 Å². The van der Waals surface area contributed by atoms with Gasteiger partial charge in [-0.3, -0.25) is 0 Å². The maximum Gasteiger partial charge on any atom is 0.0421 e. The molecule has 2 fully saturated rings. The Kier molecular flexibility index (Phi) is 3.09. The van der Waals surface area contributed by atoms with Crippen LogP contribution < -0.4 is 4.90 Å². The molecule has 2 aliphatic heterocycles. The van der Waals surface area contributed by atoms with Gasteiger partial charge in [-0.05, 0) is 43.0 Å². The summed E-state index contributed by atoms with van der Waals surface area (Å²) in [5, 5.41) is 0. The van der Waals surface area contributed by atoms with E-state index in [1.807, 2.05) is 0 Å². The number of likely N-dealkylation sites (N-methyl/N-ethyl adjacent to an activating group) is 1. The Morgan fingerprint density at radius 2 is 1.47 bits per heavy atom. The van der Waals surface area contributed by atoms with Gasteiger partial charge in [-0.1, -0.05) is 32.9 Å². The molecule has 0 amide bonds. The lowest BCUT2D eigenvalue weighted by Gasteiger charge is -2.41. The third-order valence-corrected chi connectivity index (χ3v) is 4.70. The van der Waals surface area contributed by atoms with Crippen LogP contribution in [0.25, 0.3) is 0 Å². The molecule has 0 spiro atoms. The minimum Gasteiger partial charge on any atom is -0.363 e. The maximum absolute atomic E-state index is 2.67. The second-order valence-electron chi connectivity index (χ2n) is 7.31. The quantitative estimate of drug-likeness (QED) is 0.763. The molecule has 2 saturated heterocycles. The Morgan fingerprint density at radius 3 is 1.95 bits per heavy atom.